The van der Waals surface area contributed by atoms with Crippen LogP contribution in [0.4, 0.5) is 0 Å². The average Bonchev–Trinajstić information content (AvgIpc) is 1.58. The molecule has 0 spiro atoms. The molecule has 15 atom stereocenters. The third-order valence-corrected chi connectivity index (χ3v) is 24.4. The van der Waals surface area contributed by atoms with Crippen molar-refractivity contribution in [3.8, 4) is 0 Å². The lowest BCUT2D eigenvalue weighted by Crippen LogP contribution is -2.62. The average molecular weight is 1840 g/mol. The first-order valence-corrected chi connectivity index (χ1v) is 45.4. The van der Waals surface area contributed by atoms with Gasteiger partial charge in [0.25, 0.3) is 0 Å². The minimum absolute atomic E-state index is 0.00795. The normalized spacial score (nSPS) is 24.6. The number of carbonyl (C=O) groups is 15. The number of primary amides is 1. The summed E-state index contributed by atoms with van der Waals surface area (Å²) in [5.74, 6) is -14.8. The summed E-state index contributed by atoms with van der Waals surface area (Å²) in [4.78, 5) is 239. The number of H-pyrrole nitrogens is 3. The smallest absolute Gasteiger partial charge is 0.248 e. The highest BCUT2D eigenvalue weighted by atomic mass is 32.2. The van der Waals surface area contributed by atoms with Gasteiger partial charge in [0, 0.05) is 112 Å². The number of nitrogens with one attached hydrogen (secondary N) is 15. The zero-order valence-corrected chi connectivity index (χ0v) is 76.6. The molecule has 2 saturated heterocycles. The largest absolute Gasteiger partial charge is 0.394 e. The molecular weight excluding hydrogens is 1710 g/mol. The van der Waals surface area contributed by atoms with Crippen molar-refractivity contribution in [3.63, 3.8) is 0 Å². The van der Waals surface area contributed by atoms with Crippen LogP contribution in [0.3, 0.4) is 0 Å². The Morgan fingerprint density at radius 1 is 0.588 bits per heavy atom. The van der Waals surface area contributed by atoms with Crippen LogP contribution in [-0.2, 0) is 97.6 Å². The van der Waals surface area contributed by atoms with Crippen LogP contribution < -0.4 is 70.0 Å². The monoisotopic (exact) mass is 1840 g/mol. The molecule has 42 heteroatoms. The fraction of sp³-hybridized carbons (Fsp3) is 0.539. The van der Waals surface area contributed by atoms with E-state index in [-0.39, 0.29) is 95.4 Å². The highest BCUT2D eigenvalue weighted by Crippen LogP contribution is 2.27. The maximum Gasteiger partial charge on any atom is 0.248 e. The van der Waals surface area contributed by atoms with Crippen LogP contribution in [0.5, 0.6) is 0 Å². The number of benzene rings is 3. The zero-order valence-electron chi connectivity index (χ0n) is 75.8. The molecular formula is C89H129N23O18S. The molecule has 131 heavy (non-hydrogen) atoms. The van der Waals surface area contributed by atoms with E-state index >= 15 is 19.2 Å². The van der Waals surface area contributed by atoms with E-state index in [1.165, 1.54) is 64.4 Å². The molecule has 2 fully saturated rings. The second kappa shape index (κ2) is 50.6. The lowest BCUT2D eigenvalue weighted by Gasteiger charge is -2.41. The second-order valence-electron chi connectivity index (χ2n) is 33.8. The number of carbonyl (C=O) groups excluding carboxylic acids is 15. The van der Waals surface area contributed by atoms with Gasteiger partial charge < -0.3 is 120 Å². The van der Waals surface area contributed by atoms with Crippen molar-refractivity contribution in [2.75, 3.05) is 72.5 Å². The molecule has 0 aliphatic carbocycles. The number of imidazole rings is 1. The number of aliphatic hydroxyl groups is 3. The minimum atomic E-state index is -1.83. The summed E-state index contributed by atoms with van der Waals surface area (Å²) in [5.41, 5.74) is 14.4. The summed E-state index contributed by atoms with van der Waals surface area (Å²) in [6.45, 7) is 7.38. The summed E-state index contributed by atoms with van der Waals surface area (Å²) in [7, 11) is 5.46. The maximum absolute atomic E-state index is 15.7. The predicted octanol–water partition coefficient (Wildman–Crippen LogP) is -1.84. The lowest BCUT2D eigenvalue weighted by atomic mass is 9.99. The molecule has 3 aromatic carbocycles. The van der Waals surface area contributed by atoms with Crippen molar-refractivity contribution in [2.45, 2.75) is 229 Å². The Kier molecular flexibility index (Phi) is 40.1. The molecule has 8 rings (SSSR count). The van der Waals surface area contributed by atoms with Crippen molar-refractivity contribution in [1.29, 1.82) is 5.41 Å². The zero-order chi connectivity index (χ0) is 95.9. The molecule has 22 N–H and O–H groups in total. The van der Waals surface area contributed by atoms with Gasteiger partial charge in [0.2, 0.25) is 88.6 Å². The van der Waals surface area contributed by atoms with Gasteiger partial charge in [0.1, 0.15) is 72.7 Å². The first-order chi connectivity index (χ1) is 62.4. The van der Waals surface area contributed by atoms with Crippen molar-refractivity contribution in [1.82, 2.24) is 103 Å². The van der Waals surface area contributed by atoms with Gasteiger partial charge in [0.15, 0.2) is 5.96 Å². The highest BCUT2D eigenvalue weighted by molar-refractivity contribution is 8.00. The Morgan fingerprint density at radius 3 is 1.75 bits per heavy atom. The number of guanidine groups is 1. The SMILES string of the molecule is CCCC[C@H]1C(O)N(C)[C@@H](CCCC)C(=O)N[C@@H](CCCNC(=N)N)C(=O)N[C@H](C(=O)NCC(N)=O)CSCC(=O)N[C@@H](Cc2ccccc2)C(=O)N(C)[C@@H](C)C(=O)N[C@@H]([C@@H](C)O)C(=O)N2CCC[C@H]2C(=O)N[C@@H](Cc2cnc[nH]2)C(=O)N[C@@H](CC(C)C)C(=O)N(C)CC(=O)N[C@@H](Cc2c[nH]c3ccccc23)C(=O)N[C@@H](CO)C(=O)N[C@@H](Cc2c[nH]c3ccccc23)C(=O)N1C. The maximum atomic E-state index is 15.7. The Balaban J connectivity index is 1.18. The van der Waals surface area contributed by atoms with Crippen LogP contribution in [0.1, 0.15) is 135 Å². The van der Waals surface area contributed by atoms with E-state index < -0.39 is 211 Å². The first kappa shape index (κ1) is 104. The minimum Gasteiger partial charge on any atom is -0.394 e. The van der Waals surface area contributed by atoms with Crippen molar-refractivity contribution >= 4 is 128 Å². The summed E-state index contributed by atoms with van der Waals surface area (Å²) in [6.07, 6.45) is 4.16. The van der Waals surface area contributed by atoms with Gasteiger partial charge in [-0.2, -0.15) is 0 Å². The van der Waals surface area contributed by atoms with Crippen molar-refractivity contribution in [2.24, 2.45) is 17.4 Å². The van der Waals surface area contributed by atoms with Gasteiger partial charge >= 0.3 is 0 Å². The molecule has 0 saturated carbocycles. The molecule has 0 radical (unpaired) electrons. The summed E-state index contributed by atoms with van der Waals surface area (Å²) in [5, 5.41) is 73.9. The molecule has 6 aromatic rings. The van der Waals surface area contributed by atoms with Crippen LogP contribution in [0.2, 0.25) is 0 Å². The number of thioether (sulfide) groups is 1. The number of hydrogen-bond donors (Lipinski definition) is 20. The van der Waals surface area contributed by atoms with E-state index in [0.29, 0.717) is 69.9 Å². The number of fused-ring (bicyclic) bond motifs is 3. The standard InChI is InChI=1S/C89H129N23O18S/c1-11-13-31-69-82(124)101-61(30-22-34-94-89(91)92)78(120)106-68(77(119)97-44-72(90)115)47-131-48-74(117)100-65(37-53-24-16-15-17-25-53)85(127)109(8)51(5)76(118)107-75(52(6)114)88(130)112-35-23-33-70(112)83(125)102-63(40-56-43-93-49-98-56)80(122)103-64(36-50(3)4)84(126)108(7)45-73(116)99-62(38-54-41-95-59-28-20-18-26-57(54)59)79(121)105-67(46-113)81(123)104-66(39-55-42-96-60-29-21-19-27-58(55)60)86(128)111(10)71(32-14-12-2)87(129)110(69)9/h15-21,24-29,41-43,49-52,61-71,75,87,95-96,113-114,129H,11-14,22-23,30-40,44-48H2,1-10H3,(H2,90,115)(H,93,98)(H,97,119)(H,99,116)(H,100,117)(H,101,124)(H,102,125)(H,103,122)(H,104,123)(H,105,121)(H,106,120)(H,107,118)(H4,91,92,94)/t51-,52+,61-,62-,63-,64-,65-,66-,67-,68-,69-,70-,71-,75-,87?/m0/s1. The number of para-hydroxylation sites is 2. The fourth-order valence-corrected chi connectivity index (χ4v) is 16.8. The second-order valence-corrected chi connectivity index (χ2v) is 34.9. The molecule has 15 amide bonds. The molecule has 3 aromatic heterocycles. The van der Waals surface area contributed by atoms with Crippen LogP contribution in [0.25, 0.3) is 21.8 Å². The van der Waals surface area contributed by atoms with Gasteiger partial charge in [-0.05, 0) is 101 Å². The number of aromatic amines is 3. The van der Waals surface area contributed by atoms with Gasteiger partial charge in [-0.25, -0.2) is 4.98 Å². The number of nitrogens with two attached hydrogens (primary N) is 2. The Bertz CT molecular complexity index is 4920. The van der Waals surface area contributed by atoms with Gasteiger partial charge in [0.05, 0.1) is 50.0 Å². The molecule has 41 nitrogen and oxygen atoms in total. The van der Waals surface area contributed by atoms with E-state index in [1.54, 1.807) is 105 Å². The molecule has 2 aliphatic rings. The predicted molar refractivity (Wildman–Crippen MR) is 488 cm³/mol. The quantitative estimate of drug-likeness (QED) is 0.0170. The van der Waals surface area contributed by atoms with Gasteiger partial charge in [-0.3, -0.25) is 82.2 Å². The summed E-state index contributed by atoms with van der Waals surface area (Å²) >= 11 is 0.817. The van der Waals surface area contributed by atoms with E-state index in [4.69, 9.17) is 16.9 Å². The Labute approximate surface area is 764 Å². The Hall–Kier alpha value is -12.5. The highest BCUT2D eigenvalue weighted by Gasteiger charge is 2.45. The number of amides is 15. The number of unbranched alkanes of at least 4 members (excludes halogenated alkanes) is 2. The number of aromatic nitrogens is 4. The summed E-state index contributed by atoms with van der Waals surface area (Å²) in [6, 6.07) is 3.70. The van der Waals surface area contributed by atoms with E-state index in [1.807, 2.05) is 13.8 Å². The number of aliphatic hydroxyl groups excluding tert-OH is 3. The van der Waals surface area contributed by atoms with E-state index in [9.17, 15) is 68.1 Å². The van der Waals surface area contributed by atoms with E-state index in [2.05, 4.69) is 78.4 Å². The van der Waals surface area contributed by atoms with Gasteiger partial charge in [-0.15, -0.1) is 11.8 Å². The molecule has 1 unspecified atom stereocenters. The number of likely N-dealkylation sites (N-methyl/N-ethyl adjacent to an activating group) is 4. The first-order valence-electron chi connectivity index (χ1n) is 44.3. The van der Waals surface area contributed by atoms with Crippen LogP contribution in [-0.4, -0.2) is 318 Å². The topological polar surface area (TPSA) is 601 Å². The van der Waals surface area contributed by atoms with Gasteiger partial charge in [-0.1, -0.05) is 120 Å². The molecule has 714 valence electrons. The van der Waals surface area contributed by atoms with Crippen molar-refractivity contribution in [3.05, 3.63) is 126 Å². The third-order valence-electron chi connectivity index (χ3n) is 23.4. The molecule has 2 aliphatic heterocycles. The fourth-order valence-electron chi connectivity index (χ4n) is 15.9. The molecule has 5 heterocycles. The Morgan fingerprint density at radius 2 is 1.15 bits per heavy atom. The third kappa shape index (κ3) is 30.0. The summed E-state index contributed by atoms with van der Waals surface area (Å²) < 4.78 is 0. The van der Waals surface area contributed by atoms with Crippen LogP contribution >= 0.6 is 11.8 Å². The number of nitrogens with zero attached hydrogens (tertiary/aromatic N) is 6. The number of hydrogen-bond acceptors (Lipinski definition) is 22. The van der Waals surface area contributed by atoms with Crippen LogP contribution in [0, 0.1) is 11.3 Å². The van der Waals surface area contributed by atoms with Crippen molar-refractivity contribution < 1.29 is 87.2 Å². The van der Waals surface area contributed by atoms with E-state index in [0.717, 1.165) is 26.5 Å². The van der Waals surface area contributed by atoms with Crippen LogP contribution in [0.15, 0.2) is 104 Å². The lowest BCUT2D eigenvalue weighted by molar-refractivity contribution is -0.147. The number of rotatable bonds is 25. The molecule has 0 bridgehead atoms.